The third kappa shape index (κ3) is 3.55. The van der Waals surface area contributed by atoms with Gasteiger partial charge in [-0.15, -0.1) is 0 Å². The Balaban J connectivity index is 2.09. The molecule has 1 unspecified atom stereocenters. The van der Waals surface area contributed by atoms with Crippen molar-refractivity contribution < 1.29 is 9.94 Å². The zero-order valence-corrected chi connectivity index (χ0v) is 12.3. The minimum Gasteiger partial charge on any atom is -0.491 e. The lowest BCUT2D eigenvalue weighted by Gasteiger charge is -2.32. The third-order valence-corrected chi connectivity index (χ3v) is 3.91. The van der Waals surface area contributed by atoms with Crippen LogP contribution in [-0.4, -0.2) is 42.2 Å². The number of benzene rings is 1. The van der Waals surface area contributed by atoms with Crippen LogP contribution in [0.3, 0.4) is 0 Å². The van der Waals surface area contributed by atoms with Gasteiger partial charge in [-0.2, -0.15) is 0 Å². The first-order valence-corrected chi connectivity index (χ1v) is 7.10. The quantitative estimate of drug-likeness (QED) is 0.387. The molecule has 6 heteroatoms. The Morgan fingerprint density at radius 3 is 3.05 bits per heavy atom. The molecular weight excluding hydrogens is 278 g/mol. The van der Waals surface area contributed by atoms with E-state index in [9.17, 15) is 0 Å². The highest BCUT2D eigenvalue weighted by molar-refractivity contribution is 6.31. The standard InChI is InChI=1S/C14H20ClN3O2/c1-18-7-3-2-4-11(18)9-20-13-6-5-10(15)8-12(13)14(16)17-19/h5-6,8,11,19H,2-4,7,9H2,1H3,(H2,16,17). The number of hydrogen-bond acceptors (Lipinski definition) is 4. The van der Waals surface area contributed by atoms with E-state index in [0.29, 0.717) is 29.0 Å². The molecule has 1 aromatic carbocycles. The molecule has 1 aromatic rings. The number of oxime groups is 1. The lowest BCUT2D eigenvalue weighted by molar-refractivity contribution is 0.125. The van der Waals surface area contributed by atoms with E-state index in [1.807, 2.05) is 0 Å². The lowest BCUT2D eigenvalue weighted by atomic mass is 10.0. The molecule has 3 N–H and O–H groups in total. The molecule has 0 amide bonds. The summed E-state index contributed by atoms with van der Waals surface area (Å²) in [6, 6.07) is 5.52. The molecule has 1 atom stereocenters. The first-order chi connectivity index (χ1) is 9.61. The van der Waals surface area contributed by atoms with Crippen LogP contribution in [0.25, 0.3) is 0 Å². The second-order valence-corrected chi connectivity index (χ2v) is 5.50. The van der Waals surface area contributed by atoms with Gasteiger partial charge in [-0.3, -0.25) is 0 Å². The van der Waals surface area contributed by atoms with Crippen molar-refractivity contribution in [3.05, 3.63) is 28.8 Å². The predicted molar refractivity (Wildman–Crippen MR) is 79.7 cm³/mol. The van der Waals surface area contributed by atoms with Crippen LogP contribution in [0.1, 0.15) is 24.8 Å². The predicted octanol–water partition coefficient (Wildman–Crippen LogP) is 2.30. The molecule has 0 radical (unpaired) electrons. The molecule has 1 saturated heterocycles. The maximum atomic E-state index is 8.82. The summed E-state index contributed by atoms with van der Waals surface area (Å²) in [5.41, 5.74) is 6.16. The first-order valence-electron chi connectivity index (χ1n) is 6.72. The maximum Gasteiger partial charge on any atom is 0.173 e. The van der Waals surface area contributed by atoms with Gasteiger partial charge in [0.1, 0.15) is 12.4 Å². The van der Waals surface area contributed by atoms with Crippen LogP contribution in [0.15, 0.2) is 23.4 Å². The van der Waals surface area contributed by atoms with Crippen LogP contribution >= 0.6 is 11.6 Å². The first kappa shape index (κ1) is 14.9. The highest BCUT2D eigenvalue weighted by Gasteiger charge is 2.20. The highest BCUT2D eigenvalue weighted by Crippen LogP contribution is 2.24. The summed E-state index contributed by atoms with van der Waals surface area (Å²) in [6.45, 7) is 1.69. The van der Waals surface area contributed by atoms with Gasteiger partial charge in [0.2, 0.25) is 0 Å². The smallest absolute Gasteiger partial charge is 0.173 e. The van der Waals surface area contributed by atoms with Crippen LogP contribution in [0.2, 0.25) is 5.02 Å². The molecule has 20 heavy (non-hydrogen) atoms. The second-order valence-electron chi connectivity index (χ2n) is 5.07. The minimum atomic E-state index is -0.000464. The van der Waals surface area contributed by atoms with E-state index in [1.54, 1.807) is 18.2 Å². The van der Waals surface area contributed by atoms with Gasteiger partial charge in [0, 0.05) is 11.1 Å². The number of amidine groups is 1. The summed E-state index contributed by atoms with van der Waals surface area (Å²) in [7, 11) is 2.11. The molecule has 5 nitrogen and oxygen atoms in total. The van der Waals surface area contributed by atoms with E-state index in [1.165, 1.54) is 12.8 Å². The van der Waals surface area contributed by atoms with Gasteiger partial charge in [0.05, 0.1) is 5.56 Å². The number of halogens is 1. The van der Waals surface area contributed by atoms with Crippen molar-refractivity contribution in [2.75, 3.05) is 20.2 Å². The summed E-state index contributed by atoms with van der Waals surface area (Å²) in [5.74, 6) is 0.586. The van der Waals surface area contributed by atoms with Crippen LogP contribution in [-0.2, 0) is 0 Å². The van der Waals surface area contributed by atoms with Gasteiger partial charge in [-0.05, 0) is 44.6 Å². The summed E-state index contributed by atoms with van der Waals surface area (Å²) >= 11 is 5.93. The van der Waals surface area contributed by atoms with Crippen LogP contribution in [0.5, 0.6) is 5.75 Å². The Hall–Kier alpha value is -1.46. The molecule has 0 aliphatic carbocycles. The van der Waals surface area contributed by atoms with Crippen molar-refractivity contribution in [1.82, 2.24) is 4.90 Å². The van der Waals surface area contributed by atoms with E-state index < -0.39 is 0 Å². The number of likely N-dealkylation sites (N-methyl/N-ethyl adjacent to an activating group) is 1. The van der Waals surface area contributed by atoms with Crippen molar-refractivity contribution in [1.29, 1.82) is 0 Å². The Labute approximate surface area is 124 Å². The van der Waals surface area contributed by atoms with Crippen molar-refractivity contribution >= 4 is 17.4 Å². The molecule has 0 saturated carbocycles. The molecule has 1 aliphatic rings. The zero-order chi connectivity index (χ0) is 14.5. The topological polar surface area (TPSA) is 71.1 Å². The SMILES string of the molecule is CN1CCCCC1COc1ccc(Cl)cc1C(N)=NO. The van der Waals surface area contributed by atoms with Gasteiger partial charge in [0.15, 0.2) is 5.84 Å². The van der Waals surface area contributed by atoms with Gasteiger partial charge in [0.25, 0.3) is 0 Å². The molecule has 1 aliphatic heterocycles. The largest absolute Gasteiger partial charge is 0.491 e. The summed E-state index contributed by atoms with van der Waals surface area (Å²) in [5, 5.41) is 12.4. The third-order valence-electron chi connectivity index (χ3n) is 3.68. The van der Waals surface area contributed by atoms with Crippen LogP contribution < -0.4 is 10.5 Å². The fourth-order valence-corrected chi connectivity index (χ4v) is 2.59. The van der Waals surface area contributed by atoms with Crippen molar-refractivity contribution in [3.63, 3.8) is 0 Å². The Morgan fingerprint density at radius 1 is 1.55 bits per heavy atom. The number of piperidine rings is 1. The van der Waals surface area contributed by atoms with Crippen molar-refractivity contribution in [2.45, 2.75) is 25.3 Å². The van der Waals surface area contributed by atoms with Crippen molar-refractivity contribution in [2.24, 2.45) is 10.9 Å². The van der Waals surface area contributed by atoms with Crippen LogP contribution in [0, 0.1) is 0 Å². The van der Waals surface area contributed by atoms with E-state index in [4.69, 9.17) is 27.3 Å². The molecule has 0 spiro atoms. The molecule has 1 fully saturated rings. The summed E-state index contributed by atoms with van der Waals surface area (Å²) in [6.07, 6.45) is 3.60. The number of rotatable bonds is 4. The maximum absolute atomic E-state index is 8.82. The number of nitrogens with two attached hydrogens (primary N) is 1. The number of likely N-dealkylation sites (tertiary alicyclic amines) is 1. The number of nitrogens with zero attached hydrogens (tertiary/aromatic N) is 2. The molecule has 0 aromatic heterocycles. The van der Waals surface area contributed by atoms with Crippen LogP contribution in [0.4, 0.5) is 0 Å². The Morgan fingerprint density at radius 2 is 2.35 bits per heavy atom. The fraction of sp³-hybridized carbons (Fsp3) is 0.500. The van der Waals surface area contributed by atoms with E-state index >= 15 is 0 Å². The van der Waals surface area contributed by atoms with E-state index in [0.717, 1.165) is 13.0 Å². The number of ether oxygens (including phenoxy) is 1. The van der Waals surface area contributed by atoms with E-state index in [2.05, 4.69) is 17.1 Å². The molecule has 0 bridgehead atoms. The summed E-state index contributed by atoms with van der Waals surface area (Å²) < 4.78 is 5.85. The molecular formula is C14H20ClN3O2. The van der Waals surface area contributed by atoms with Gasteiger partial charge in [-0.25, -0.2) is 0 Å². The average molecular weight is 298 g/mol. The fourth-order valence-electron chi connectivity index (χ4n) is 2.42. The minimum absolute atomic E-state index is 0.000464. The molecule has 2 rings (SSSR count). The number of hydrogen-bond donors (Lipinski definition) is 2. The average Bonchev–Trinajstić information content (AvgIpc) is 2.46. The molecule has 1 heterocycles. The second kappa shape index (κ2) is 6.81. The van der Waals surface area contributed by atoms with Gasteiger partial charge in [-0.1, -0.05) is 23.2 Å². The van der Waals surface area contributed by atoms with Crippen molar-refractivity contribution in [3.8, 4) is 5.75 Å². The highest BCUT2D eigenvalue weighted by atomic mass is 35.5. The Kier molecular flexibility index (Phi) is 5.09. The normalized spacial score (nSPS) is 20.9. The molecule has 110 valence electrons. The summed E-state index contributed by atoms with van der Waals surface area (Å²) in [4.78, 5) is 2.31. The lowest BCUT2D eigenvalue weighted by Crippen LogP contribution is -2.40. The van der Waals surface area contributed by atoms with Gasteiger partial charge < -0.3 is 20.6 Å². The van der Waals surface area contributed by atoms with E-state index in [-0.39, 0.29) is 5.84 Å². The monoisotopic (exact) mass is 297 g/mol. The zero-order valence-electron chi connectivity index (χ0n) is 11.6. The van der Waals surface area contributed by atoms with Gasteiger partial charge >= 0.3 is 0 Å². The Bertz CT molecular complexity index is 493.